The fraction of sp³-hybridized carbons (Fsp3) is 0.500. The van der Waals surface area contributed by atoms with Gasteiger partial charge in [0.1, 0.15) is 5.69 Å². The molecule has 80 valence electrons. The highest BCUT2D eigenvalue weighted by atomic mass is 16.1. The maximum absolute atomic E-state index is 11.7. The lowest BCUT2D eigenvalue weighted by molar-refractivity contribution is 0.0934. The van der Waals surface area contributed by atoms with Crippen LogP contribution < -0.4 is 10.6 Å². The monoisotopic (exact) mass is 206 g/mol. The Bertz CT molecular complexity index is 343. The molecule has 2 heterocycles. The maximum Gasteiger partial charge on any atom is 0.271 e. The number of carbonyl (C=O) groups is 1. The predicted octanol–water partition coefficient (Wildman–Crippen LogP) is -0.123. The summed E-state index contributed by atoms with van der Waals surface area (Å²) in [5.41, 5.74) is 1.20. The topological polar surface area (TPSA) is 66.9 Å². The van der Waals surface area contributed by atoms with Crippen LogP contribution in [0.15, 0.2) is 12.4 Å². The Balaban J connectivity index is 1.98. The van der Waals surface area contributed by atoms with Gasteiger partial charge < -0.3 is 10.6 Å². The summed E-state index contributed by atoms with van der Waals surface area (Å²) >= 11 is 0. The van der Waals surface area contributed by atoms with Gasteiger partial charge in [0, 0.05) is 18.8 Å². The SMILES string of the molecule is Cc1cnc(C(=O)N[C@@H]2CCNC2)cn1. The predicted molar refractivity (Wildman–Crippen MR) is 55.5 cm³/mol. The van der Waals surface area contributed by atoms with E-state index in [2.05, 4.69) is 20.6 Å². The van der Waals surface area contributed by atoms with Crippen molar-refractivity contribution in [2.45, 2.75) is 19.4 Å². The highest BCUT2D eigenvalue weighted by Gasteiger charge is 2.18. The number of amides is 1. The van der Waals surface area contributed by atoms with Gasteiger partial charge in [0.15, 0.2) is 0 Å². The van der Waals surface area contributed by atoms with Crippen LogP contribution in [-0.2, 0) is 0 Å². The number of hydrogen-bond donors (Lipinski definition) is 2. The number of rotatable bonds is 2. The van der Waals surface area contributed by atoms with Gasteiger partial charge in [-0.2, -0.15) is 0 Å². The van der Waals surface area contributed by atoms with E-state index >= 15 is 0 Å². The van der Waals surface area contributed by atoms with Crippen molar-refractivity contribution >= 4 is 5.91 Å². The number of carbonyl (C=O) groups excluding carboxylic acids is 1. The lowest BCUT2D eigenvalue weighted by atomic mass is 10.2. The highest BCUT2D eigenvalue weighted by Crippen LogP contribution is 2.00. The van der Waals surface area contributed by atoms with E-state index in [-0.39, 0.29) is 11.9 Å². The van der Waals surface area contributed by atoms with Crippen LogP contribution in [0.2, 0.25) is 0 Å². The van der Waals surface area contributed by atoms with Crippen molar-refractivity contribution in [2.75, 3.05) is 13.1 Å². The Hall–Kier alpha value is -1.49. The first-order chi connectivity index (χ1) is 7.25. The molecule has 2 rings (SSSR count). The second-order valence-corrected chi connectivity index (χ2v) is 3.71. The van der Waals surface area contributed by atoms with Gasteiger partial charge in [-0.3, -0.25) is 9.78 Å². The molecule has 0 saturated carbocycles. The summed E-state index contributed by atoms with van der Waals surface area (Å²) < 4.78 is 0. The Kier molecular flexibility index (Phi) is 2.91. The van der Waals surface area contributed by atoms with Crippen molar-refractivity contribution in [2.24, 2.45) is 0 Å². The van der Waals surface area contributed by atoms with E-state index in [1.165, 1.54) is 6.20 Å². The average Bonchev–Trinajstić information content (AvgIpc) is 2.71. The fourth-order valence-corrected chi connectivity index (χ4v) is 1.55. The second kappa shape index (κ2) is 4.35. The van der Waals surface area contributed by atoms with Gasteiger partial charge in [-0.15, -0.1) is 0 Å². The zero-order valence-electron chi connectivity index (χ0n) is 8.66. The minimum absolute atomic E-state index is 0.142. The summed E-state index contributed by atoms with van der Waals surface area (Å²) in [4.78, 5) is 19.7. The molecule has 5 nitrogen and oxygen atoms in total. The number of aromatic nitrogens is 2. The number of hydrogen-bond acceptors (Lipinski definition) is 4. The van der Waals surface area contributed by atoms with Crippen molar-refractivity contribution in [1.29, 1.82) is 0 Å². The van der Waals surface area contributed by atoms with E-state index < -0.39 is 0 Å². The van der Waals surface area contributed by atoms with E-state index in [0.717, 1.165) is 25.2 Å². The molecule has 0 unspecified atom stereocenters. The zero-order valence-corrected chi connectivity index (χ0v) is 8.66. The van der Waals surface area contributed by atoms with E-state index in [4.69, 9.17) is 0 Å². The van der Waals surface area contributed by atoms with Crippen molar-refractivity contribution < 1.29 is 4.79 Å². The lowest BCUT2D eigenvalue weighted by Crippen LogP contribution is -2.36. The maximum atomic E-state index is 11.7. The second-order valence-electron chi connectivity index (χ2n) is 3.71. The smallest absolute Gasteiger partial charge is 0.271 e. The van der Waals surface area contributed by atoms with Crippen LogP contribution in [0.3, 0.4) is 0 Å². The largest absolute Gasteiger partial charge is 0.347 e. The van der Waals surface area contributed by atoms with Gasteiger partial charge in [0.2, 0.25) is 0 Å². The van der Waals surface area contributed by atoms with Crippen LogP contribution >= 0.6 is 0 Å². The van der Waals surface area contributed by atoms with Gasteiger partial charge in [0.05, 0.1) is 11.9 Å². The molecule has 1 aliphatic heterocycles. The van der Waals surface area contributed by atoms with Crippen LogP contribution in [0.25, 0.3) is 0 Å². The van der Waals surface area contributed by atoms with E-state index in [9.17, 15) is 4.79 Å². The quantitative estimate of drug-likeness (QED) is 0.707. The van der Waals surface area contributed by atoms with Crippen molar-refractivity contribution in [3.05, 3.63) is 23.8 Å². The Morgan fingerprint density at radius 1 is 1.53 bits per heavy atom. The molecular weight excluding hydrogens is 192 g/mol. The molecular formula is C10H14N4O. The van der Waals surface area contributed by atoms with Crippen LogP contribution in [0.1, 0.15) is 22.6 Å². The number of aryl methyl sites for hydroxylation is 1. The molecule has 1 aromatic rings. The third-order valence-electron chi connectivity index (χ3n) is 2.41. The molecule has 2 N–H and O–H groups in total. The molecule has 1 aromatic heterocycles. The molecule has 1 amide bonds. The van der Waals surface area contributed by atoms with Gasteiger partial charge in [0.25, 0.3) is 5.91 Å². The number of nitrogens with zero attached hydrogens (tertiary/aromatic N) is 2. The van der Waals surface area contributed by atoms with Crippen LogP contribution in [0.5, 0.6) is 0 Å². The van der Waals surface area contributed by atoms with Gasteiger partial charge in [-0.05, 0) is 19.9 Å². The van der Waals surface area contributed by atoms with Crippen molar-refractivity contribution in [3.8, 4) is 0 Å². The summed E-state index contributed by atoms with van der Waals surface area (Å²) in [5.74, 6) is -0.142. The summed E-state index contributed by atoms with van der Waals surface area (Å²) in [6.45, 7) is 3.64. The average molecular weight is 206 g/mol. The molecule has 1 fully saturated rings. The van der Waals surface area contributed by atoms with Crippen LogP contribution in [-0.4, -0.2) is 35.0 Å². The third-order valence-corrected chi connectivity index (χ3v) is 2.41. The third kappa shape index (κ3) is 2.50. The summed E-state index contributed by atoms with van der Waals surface area (Å²) in [5, 5.41) is 6.10. The number of nitrogens with one attached hydrogen (secondary N) is 2. The standard InChI is InChI=1S/C10H14N4O/c1-7-4-13-9(6-12-7)10(15)14-8-2-3-11-5-8/h4,6,8,11H,2-3,5H2,1H3,(H,14,15)/t8-/m1/s1. The molecule has 0 spiro atoms. The van der Waals surface area contributed by atoms with Crippen molar-refractivity contribution in [1.82, 2.24) is 20.6 Å². The molecule has 1 atom stereocenters. The van der Waals surface area contributed by atoms with E-state index in [0.29, 0.717) is 5.69 Å². The molecule has 0 aromatic carbocycles. The molecule has 1 saturated heterocycles. The molecule has 5 heteroatoms. The zero-order chi connectivity index (χ0) is 10.7. The minimum Gasteiger partial charge on any atom is -0.347 e. The Morgan fingerprint density at radius 3 is 3.00 bits per heavy atom. The van der Waals surface area contributed by atoms with E-state index in [1.54, 1.807) is 6.20 Å². The summed E-state index contributed by atoms with van der Waals surface area (Å²) in [7, 11) is 0. The minimum atomic E-state index is -0.142. The van der Waals surface area contributed by atoms with E-state index in [1.807, 2.05) is 6.92 Å². The lowest BCUT2D eigenvalue weighted by Gasteiger charge is -2.10. The van der Waals surface area contributed by atoms with Gasteiger partial charge in [-0.25, -0.2) is 4.98 Å². The first-order valence-corrected chi connectivity index (χ1v) is 5.06. The molecule has 15 heavy (non-hydrogen) atoms. The van der Waals surface area contributed by atoms with Crippen LogP contribution in [0.4, 0.5) is 0 Å². The Morgan fingerprint density at radius 2 is 2.40 bits per heavy atom. The normalized spacial score (nSPS) is 20.2. The molecule has 0 aliphatic carbocycles. The first-order valence-electron chi connectivity index (χ1n) is 5.06. The first kappa shape index (κ1) is 10.0. The van der Waals surface area contributed by atoms with Crippen LogP contribution in [0, 0.1) is 6.92 Å². The highest BCUT2D eigenvalue weighted by molar-refractivity contribution is 5.92. The molecule has 0 radical (unpaired) electrons. The molecule has 0 bridgehead atoms. The van der Waals surface area contributed by atoms with Crippen molar-refractivity contribution in [3.63, 3.8) is 0 Å². The summed E-state index contributed by atoms with van der Waals surface area (Å²) in [6.07, 6.45) is 4.08. The fourth-order valence-electron chi connectivity index (χ4n) is 1.55. The van der Waals surface area contributed by atoms with Gasteiger partial charge in [-0.1, -0.05) is 0 Å². The summed E-state index contributed by atoms with van der Waals surface area (Å²) in [6, 6.07) is 0.223. The van der Waals surface area contributed by atoms with Gasteiger partial charge >= 0.3 is 0 Å². The Labute approximate surface area is 88.3 Å². The molecule has 1 aliphatic rings.